The molecule has 0 aliphatic rings. The van der Waals surface area contributed by atoms with E-state index >= 15 is 0 Å². The van der Waals surface area contributed by atoms with E-state index in [0.29, 0.717) is 6.42 Å². The molecular weight excluding hydrogens is 210 g/mol. The van der Waals surface area contributed by atoms with E-state index in [2.05, 4.69) is 5.16 Å². The van der Waals surface area contributed by atoms with E-state index in [1.807, 2.05) is 0 Å². The minimum absolute atomic E-state index is 0.0894. The quantitative estimate of drug-likeness (QED) is 0.344. The lowest BCUT2D eigenvalue weighted by Crippen LogP contribution is -2.37. The minimum Gasteiger partial charge on any atom is -0.459 e. The summed E-state index contributed by atoms with van der Waals surface area (Å²) in [6.45, 7) is 1.80. The van der Waals surface area contributed by atoms with E-state index in [-0.39, 0.29) is 23.5 Å². The monoisotopic (exact) mass is 225 g/mol. The zero-order chi connectivity index (χ0) is 12.1. The Hall–Kier alpha value is -1.98. The van der Waals surface area contributed by atoms with Crippen molar-refractivity contribution >= 4 is 11.7 Å². The number of furan rings is 1. The lowest BCUT2D eigenvalue weighted by Gasteiger charge is -2.23. The molecular formula is C10H15N3O3. The summed E-state index contributed by atoms with van der Waals surface area (Å²) in [5, 5.41) is 11.3. The molecule has 0 bridgehead atoms. The average molecular weight is 225 g/mol. The normalized spacial score (nSPS) is 13.5. The van der Waals surface area contributed by atoms with Gasteiger partial charge in [0.1, 0.15) is 5.84 Å². The van der Waals surface area contributed by atoms with Crippen LogP contribution in [0.4, 0.5) is 0 Å². The van der Waals surface area contributed by atoms with Gasteiger partial charge in [-0.2, -0.15) is 0 Å². The first-order valence-electron chi connectivity index (χ1n) is 4.83. The van der Waals surface area contributed by atoms with Gasteiger partial charge in [-0.3, -0.25) is 4.79 Å². The summed E-state index contributed by atoms with van der Waals surface area (Å²) in [5.74, 6) is 0.128. The number of hydrogen-bond donors (Lipinski definition) is 2. The molecule has 1 unspecified atom stereocenters. The van der Waals surface area contributed by atoms with Gasteiger partial charge in [0.05, 0.1) is 6.26 Å². The van der Waals surface area contributed by atoms with Crippen molar-refractivity contribution in [1.82, 2.24) is 4.90 Å². The first-order chi connectivity index (χ1) is 7.56. The van der Waals surface area contributed by atoms with Gasteiger partial charge < -0.3 is 20.3 Å². The highest BCUT2D eigenvalue weighted by Gasteiger charge is 2.20. The van der Waals surface area contributed by atoms with Gasteiger partial charge in [-0.25, -0.2) is 0 Å². The SMILES string of the molecule is CC(CC(N)=NO)N(C)C(=O)c1ccco1. The summed E-state index contributed by atoms with van der Waals surface area (Å²) in [6, 6.07) is 3.07. The van der Waals surface area contributed by atoms with Gasteiger partial charge in [0, 0.05) is 19.5 Å². The highest BCUT2D eigenvalue weighted by atomic mass is 16.4. The summed E-state index contributed by atoms with van der Waals surface area (Å²) in [4.78, 5) is 13.3. The Bertz CT molecular complexity index is 373. The maximum atomic E-state index is 11.8. The minimum atomic E-state index is -0.233. The number of hydrogen-bond acceptors (Lipinski definition) is 4. The molecule has 1 aromatic rings. The number of amidine groups is 1. The third-order valence-electron chi connectivity index (χ3n) is 2.35. The van der Waals surface area contributed by atoms with Gasteiger partial charge in [0.15, 0.2) is 5.76 Å². The van der Waals surface area contributed by atoms with Crippen molar-refractivity contribution in [2.75, 3.05) is 7.05 Å². The molecule has 3 N–H and O–H groups in total. The van der Waals surface area contributed by atoms with Crippen LogP contribution < -0.4 is 5.73 Å². The standard InChI is InChI=1S/C10H15N3O3/c1-7(6-9(11)12-15)13(2)10(14)8-4-3-5-16-8/h3-5,7,15H,6H2,1-2H3,(H2,11,12). The molecule has 0 fully saturated rings. The molecule has 0 radical (unpaired) electrons. The van der Waals surface area contributed by atoms with Crippen LogP contribution >= 0.6 is 0 Å². The summed E-state index contributed by atoms with van der Waals surface area (Å²) >= 11 is 0. The molecule has 0 spiro atoms. The van der Waals surface area contributed by atoms with Crippen molar-refractivity contribution in [3.63, 3.8) is 0 Å². The molecule has 88 valence electrons. The molecule has 1 aromatic heterocycles. The van der Waals surface area contributed by atoms with Crippen LogP contribution in [-0.4, -0.2) is 34.9 Å². The zero-order valence-electron chi connectivity index (χ0n) is 9.25. The Morgan fingerprint density at radius 3 is 2.94 bits per heavy atom. The van der Waals surface area contributed by atoms with Crippen LogP contribution in [0.15, 0.2) is 28.0 Å². The summed E-state index contributed by atoms with van der Waals surface area (Å²) in [6.07, 6.45) is 1.74. The van der Waals surface area contributed by atoms with Crippen molar-refractivity contribution in [2.24, 2.45) is 10.9 Å². The van der Waals surface area contributed by atoms with Gasteiger partial charge in [-0.15, -0.1) is 0 Å². The summed E-state index contributed by atoms with van der Waals surface area (Å²) in [7, 11) is 1.64. The number of oxime groups is 1. The lowest BCUT2D eigenvalue weighted by molar-refractivity contribution is 0.0715. The van der Waals surface area contributed by atoms with Crippen molar-refractivity contribution in [3.05, 3.63) is 24.2 Å². The number of carbonyl (C=O) groups is 1. The number of nitrogens with zero attached hydrogens (tertiary/aromatic N) is 2. The Kier molecular flexibility index (Phi) is 3.93. The van der Waals surface area contributed by atoms with E-state index in [9.17, 15) is 4.79 Å². The lowest BCUT2D eigenvalue weighted by atomic mass is 10.2. The molecule has 0 aliphatic carbocycles. The fourth-order valence-corrected chi connectivity index (χ4v) is 1.25. The highest BCUT2D eigenvalue weighted by Crippen LogP contribution is 2.09. The van der Waals surface area contributed by atoms with Gasteiger partial charge >= 0.3 is 0 Å². The maximum Gasteiger partial charge on any atom is 0.289 e. The molecule has 1 heterocycles. The van der Waals surface area contributed by atoms with E-state index in [1.165, 1.54) is 11.2 Å². The van der Waals surface area contributed by atoms with E-state index < -0.39 is 0 Å². The predicted octanol–water partition coefficient (Wildman–Crippen LogP) is 0.877. The summed E-state index contributed by atoms with van der Waals surface area (Å²) in [5.41, 5.74) is 5.37. The molecule has 1 rings (SSSR count). The number of amides is 1. The fourth-order valence-electron chi connectivity index (χ4n) is 1.25. The van der Waals surface area contributed by atoms with Gasteiger partial charge in [0.2, 0.25) is 0 Å². The van der Waals surface area contributed by atoms with Crippen LogP contribution in [0.2, 0.25) is 0 Å². The Morgan fingerprint density at radius 2 is 2.44 bits per heavy atom. The van der Waals surface area contributed by atoms with Crippen molar-refractivity contribution < 1.29 is 14.4 Å². The highest BCUT2D eigenvalue weighted by molar-refractivity contribution is 5.92. The number of nitrogens with two attached hydrogens (primary N) is 1. The molecule has 6 nitrogen and oxygen atoms in total. The van der Waals surface area contributed by atoms with Crippen LogP contribution in [0.3, 0.4) is 0 Å². The molecule has 6 heteroatoms. The largest absolute Gasteiger partial charge is 0.459 e. The second-order valence-electron chi connectivity index (χ2n) is 3.54. The van der Waals surface area contributed by atoms with E-state index in [4.69, 9.17) is 15.4 Å². The molecule has 16 heavy (non-hydrogen) atoms. The molecule has 0 aromatic carbocycles. The zero-order valence-corrected chi connectivity index (χ0v) is 9.25. The molecule has 1 amide bonds. The molecule has 0 saturated carbocycles. The van der Waals surface area contributed by atoms with Crippen molar-refractivity contribution in [3.8, 4) is 0 Å². The predicted molar refractivity (Wildman–Crippen MR) is 58.3 cm³/mol. The van der Waals surface area contributed by atoms with Crippen LogP contribution in [0.1, 0.15) is 23.9 Å². The van der Waals surface area contributed by atoms with E-state index in [1.54, 1.807) is 26.1 Å². The first kappa shape index (κ1) is 12.1. The third-order valence-corrected chi connectivity index (χ3v) is 2.35. The molecule has 1 atom stereocenters. The maximum absolute atomic E-state index is 11.8. The smallest absolute Gasteiger partial charge is 0.289 e. The topological polar surface area (TPSA) is 92.1 Å². The second-order valence-corrected chi connectivity index (χ2v) is 3.54. The molecule has 0 saturated heterocycles. The third kappa shape index (κ3) is 2.75. The summed E-state index contributed by atoms with van der Waals surface area (Å²) < 4.78 is 5.00. The van der Waals surface area contributed by atoms with Crippen LogP contribution in [0.5, 0.6) is 0 Å². The van der Waals surface area contributed by atoms with Gasteiger partial charge in [-0.1, -0.05) is 5.16 Å². The molecule has 0 aliphatic heterocycles. The van der Waals surface area contributed by atoms with Crippen LogP contribution in [-0.2, 0) is 0 Å². The average Bonchev–Trinajstić information content (AvgIpc) is 2.80. The van der Waals surface area contributed by atoms with Crippen LogP contribution in [0.25, 0.3) is 0 Å². The van der Waals surface area contributed by atoms with E-state index in [0.717, 1.165) is 0 Å². The van der Waals surface area contributed by atoms with Crippen molar-refractivity contribution in [2.45, 2.75) is 19.4 Å². The Morgan fingerprint density at radius 1 is 1.75 bits per heavy atom. The van der Waals surface area contributed by atoms with Gasteiger partial charge in [0.25, 0.3) is 5.91 Å². The van der Waals surface area contributed by atoms with Crippen LogP contribution in [0, 0.1) is 0 Å². The first-order valence-corrected chi connectivity index (χ1v) is 4.83. The Labute approximate surface area is 93.3 Å². The van der Waals surface area contributed by atoms with Gasteiger partial charge in [-0.05, 0) is 19.1 Å². The fraction of sp³-hybridized carbons (Fsp3) is 0.400. The second kappa shape index (κ2) is 5.20. The number of rotatable bonds is 4. The number of carbonyl (C=O) groups excluding carboxylic acids is 1. The Balaban J connectivity index is 2.64. The van der Waals surface area contributed by atoms with Crippen molar-refractivity contribution in [1.29, 1.82) is 0 Å².